The fraction of sp³-hybridized carbons (Fsp3) is 0.143. The number of benzene rings is 3. The summed E-state index contributed by atoms with van der Waals surface area (Å²) in [5.41, 5.74) is 1.84. The molecule has 1 aliphatic rings. The highest BCUT2D eigenvalue weighted by Gasteiger charge is 2.39. The summed E-state index contributed by atoms with van der Waals surface area (Å²) < 4.78 is 10.5. The minimum Gasteiger partial charge on any atom is -0.462 e. The molecule has 8 nitrogen and oxygen atoms in total. The molecule has 0 spiro atoms. The highest BCUT2D eigenvalue weighted by Crippen LogP contribution is 2.30. The molecule has 0 aliphatic carbocycles. The van der Waals surface area contributed by atoms with E-state index >= 15 is 0 Å². The molecule has 194 valence electrons. The number of carbonyl (C=O) groups is 4. The van der Waals surface area contributed by atoms with Crippen LogP contribution in [0.4, 0.5) is 11.4 Å². The summed E-state index contributed by atoms with van der Waals surface area (Å²) in [7, 11) is 0. The molecule has 1 aliphatic heterocycles. The Labute approximate surface area is 228 Å². The largest absolute Gasteiger partial charge is 0.462 e. The fourth-order valence-electron chi connectivity index (χ4n) is 3.59. The normalized spacial score (nSPS) is 13.1. The van der Waals surface area contributed by atoms with Gasteiger partial charge in [-0.1, -0.05) is 30.1 Å². The van der Waals surface area contributed by atoms with Gasteiger partial charge in [-0.25, -0.2) is 14.5 Å². The number of amides is 2. The van der Waals surface area contributed by atoms with Crippen molar-refractivity contribution in [3.63, 3.8) is 0 Å². The minimum absolute atomic E-state index is 0.116. The summed E-state index contributed by atoms with van der Waals surface area (Å²) in [6.07, 6.45) is 0.691. The van der Waals surface area contributed by atoms with Gasteiger partial charge in [-0.2, -0.15) is 0 Å². The highest BCUT2D eigenvalue weighted by molar-refractivity contribution is 6.53. The van der Waals surface area contributed by atoms with Crippen molar-refractivity contribution >= 4 is 58.3 Å². The Bertz CT molecular complexity index is 1450. The van der Waals surface area contributed by atoms with Crippen LogP contribution < -0.4 is 15.0 Å². The van der Waals surface area contributed by atoms with E-state index in [4.69, 9.17) is 32.7 Å². The summed E-state index contributed by atoms with van der Waals surface area (Å²) in [6.45, 7) is 3.95. The second-order valence-electron chi connectivity index (χ2n) is 8.32. The lowest BCUT2D eigenvalue weighted by molar-refractivity contribution is -0.120. The van der Waals surface area contributed by atoms with E-state index in [2.05, 4.69) is 5.32 Å². The molecule has 10 heteroatoms. The average Bonchev–Trinajstić information content (AvgIpc) is 3.12. The number of imide groups is 1. The quantitative estimate of drug-likeness (QED) is 0.212. The first kappa shape index (κ1) is 26.9. The number of rotatable bonds is 8. The van der Waals surface area contributed by atoms with Gasteiger partial charge in [0.05, 0.1) is 23.4 Å². The molecule has 0 radical (unpaired) electrons. The molecule has 4 rings (SSSR count). The molecule has 38 heavy (non-hydrogen) atoms. The van der Waals surface area contributed by atoms with Crippen LogP contribution in [0.1, 0.15) is 39.6 Å². The Balaban J connectivity index is 1.44. The lowest BCUT2D eigenvalue weighted by Crippen LogP contribution is -2.32. The SMILES string of the molecule is CCCOC(=O)c1ccc(N2C(=O)C(Cl)=C(Nc3ccc(C(=O)Oc4ccc(Cl)cc4C)cc3)C2=O)cc1. The van der Waals surface area contributed by atoms with Gasteiger partial charge in [0, 0.05) is 10.7 Å². The lowest BCUT2D eigenvalue weighted by atomic mass is 10.2. The van der Waals surface area contributed by atoms with Gasteiger partial charge in [-0.05, 0) is 85.6 Å². The number of hydrogen-bond acceptors (Lipinski definition) is 7. The lowest BCUT2D eigenvalue weighted by Gasteiger charge is -2.15. The topological polar surface area (TPSA) is 102 Å². The van der Waals surface area contributed by atoms with E-state index in [1.807, 2.05) is 6.92 Å². The maximum absolute atomic E-state index is 13.1. The van der Waals surface area contributed by atoms with Crippen molar-refractivity contribution in [2.24, 2.45) is 0 Å². The van der Waals surface area contributed by atoms with Crippen LogP contribution in [-0.2, 0) is 14.3 Å². The number of halogens is 2. The zero-order chi connectivity index (χ0) is 27.4. The van der Waals surface area contributed by atoms with Gasteiger partial charge in [0.15, 0.2) is 0 Å². The Morgan fingerprint density at radius 1 is 0.868 bits per heavy atom. The smallest absolute Gasteiger partial charge is 0.343 e. The van der Waals surface area contributed by atoms with Crippen LogP contribution in [0.5, 0.6) is 5.75 Å². The molecule has 1 N–H and O–H groups in total. The molecule has 0 aromatic heterocycles. The monoisotopic (exact) mass is 552 g/mol. The van der Waals surface area contributed by atoms with Gasteiger partial charge in [0.25, 0.3) is 11.8 Å². The number of ether oxygens (including phenoxy) is 2. The number of carbonyl (C=O) groups excluding carboxylic acids is 4. The van der Waals surface area contributed by atoms with Crippen LogP contribution in [0.3, 0.4) is 0 Å². The van der Waals surface area contributed by atoms with Gasteiger partial charge in [-0.15, -0.1) is 0 Å². The maximum Gasteiger partial charge on any atom is 0.343 e. The van der Waals surface area contributed by atoms with Crippen LogP contribution in [0.2, 0.25) is 5.02 Å². The number of hydrogen-bond donors (Lipinski definition) is 1. The maximum atomic E-state index is 13.1. The third-order valence-electron chi connectivity index (χ3n) is 5.56. The predicted octanol–water partition coefficient (Wildman–Crippen LogP) is 5.87. The highest BCUT2D eigenvalue weighted by atomic mass is 35.5. The number of esters is 2. The van der Waals surface area contributed by atoms with E-state index in [-0.39, 0.29) is 22.0 Å². The first-order valence-corrected chi connectivity index (χ1v) is 12.4. The third-order valence-corrected chi connectivity index (χ3v) is 6.14. The first-order valence-electron chi connectivity index (χ1n) is 11.6. The summed E-state index contributed by atoms with van der Waals surface area (Å²) >= 11 is 12.1. The van der Waals surface area contributed by atoms with Gasteiger partial charge in [0.2, 0.25) is 0 Å². The van der Waals surface area contributed by atoms with E-state index < -0.39 is 23.8 Å². The molecule has 0 bridgehead atoms. The second-order valence-corrected chi connectivity index (χ2v) is 9.13. The fourth-order valence-corrected chi connectivity index (χ4v) is 4.03. The second kappa shape index (κ2) is 11.5. The first-order chi connectivity index (χ1) is 18.2. The summed E-state index contributed by atoms with van der Waals surface area (Å²) in [4.78, 5) is 51.3. The molecule has 0 saturated carbocycles. The number of nitrogens with one attached hydrogen (secondary N) is 1. The molecule has 0 saturated heterocycles. The van der Waals surface area contributed by atoms with Crippen LogP contribution in [0.15, 0.2) is 77.5 Å². The molecule has 3 aromatic carbocycles. The van der Waals surface area contributed by atoms with E-state index in [1.165, 1.54) is 36.4 Å². The third kappa shape index (κ3) is 5.72. The number of nitrogens with zero attached hydrogens (tertiary/aromatic N) is 1. The zero-order valence-electron chi connectivity index (χ0n) is 20.4. The van der Waals surface area contributed by atoms with Gasteiger partial charge in [-0.3, -0.25) is 9.59 Å². The molecule has 0 atom stereocenters. The molecule has 1 heterocycles. The molecule has 0 unspecified atom stereocenters. The van der Waals surface area contributed by atoms with E-state index in [0.717, 1.165) is 4.90 Å². The van der Waals surface area contributed by atoms with Crippen LogP contribution in [-0.4, -0.2) is 30.4 Å². The van der Waals surface area contributed by atoms with Gasteiger partial charge < -0.3 is 14.8 Å². The van der Waals surface area contributed by atoms with E-state index in [9.17, 15) is 19.2 Å². The van der Waals surface area contributed by atoms with Crippen LogP contribution >= 0.6 is 23.2 Å². The molecular weight excluding hydrogens is 531 g/mol. The summed E-state index contributed by atoms with van der Waals surface area (Å²) in [6, 6.07) is 16.9. The summed E-state index contributed by atoms with van der Waals surface area (Å²) in [5.74, 6) is -2.05. The van der Waals surface area contributed by atoms with Crippen molar-refractivity contribution in [3.8, 4) is 5.75 Å². The average molecular weight is 553 g/mol. The Hall–Kier alpha value is -4.14. The Kier molecular flexibility index (Phi) is 8.14. The minimum atomic E-state index is -0.709. The van der Waals surface area contributed by atoms with Crippen molar-refractivity contribution in [1.29, 1.82) is 0 Å². The Morgan fingerprint density at radius 2 is 1.50 bits per heavy atom. The van der Waals surface area contributed by atoms with Crippen LogP contribution in [0.25, 0.3) is 0 Å². The predicted molar refractivity (Wildman–Crippen MR) is 144 cm³/mol. The van der Waals surface area contributed by atoms with Crippen LogP contribution in [0, 0.1) is 6.92 Å². The van der Waals surface area contributed by atoms with Crippen molar-refractivity contribution < 1.29 is 28.7 Å². The summed E-state index contributed by atoms with van der Waals surface area (Å²) in [5, 5.41) is 3.10. The van der Waals surface area contributed by atoms with Crippen molar-refractivity contribution in [3.05, 3.63) is 99.2 Å². The Morgan fingerprint density at radius 3 is 2.13 bits per heavy atom. The molecule has 2 amide bonds. The molecule has 3 aromatic rings. The number of anilines is 2. The zero-order valence-corrected chi connectivity index (χ0v) is 21.9. The van der Waals surface area contributed by atoms with Gasteiger partial charge >= 0.3 is 11.9 Å². The molecule has 0 fully saturated rings. The standard InChI is InChI=1S/C28H22Cl2N2O6/c1-3-14-37-27(35)17-6-11-21(12-7-17)32-25(33)23(30)24(26(32)34)31-20-9-4-18(5-10-20)28(36)38-22-13-8-19(29)15-16(22)2/h4-13,15,31H,3,14H2,1-2H3. The van der Waals surface area contributed by atoms with Gasteiger partial charge in [0.1, 0.15) is 16.5 Å². The molecular formula is C28H22Cl2N2O6. The number of aryl methyl sites for hydroxylation is 1. The van der Waals surface area contributed by atoms with Crippen molar-refractivity contribution in [2.75, 3.05) is 16.8 Å². The van der Waals surface area contributed by atoms with Crippen molar-refractivity contribution in [1.82, 2.24) is 0 Å². The van der Waals surface area contributed by atoms with E-state index in [0.29, 0.717) is 40.6 Å². The van der Waals surface area contributed by atoms with Crippen molar-refractivity contribution in [2.45, 2.75) is 20.3 Å². The van der Waals surface area contributed by atoms with E-state index in [1.54, 1.807) is 37.3 Å².